The van der Waals surface area contributed by atoms with E-state index in [4.69, 9.17) is 10.2 Å². The van der Waals surface area contributed by atoms with Crippen LogP contribution in [0, 0.1) is 5.82 Å². The van der Waals surface area contributed by atoms with Crippen LogP contribution in [-0.4, -0.2) is 5.91 Å². The second kappa shape index (κ2) is 8.03. The van der Waals surface area contributed by atoms with Crippen LogP contribution in [0.25, 0.3) is 21.6 Å². The molecule has 158 valence electrons. The molecule has 2 heterocycles. The number of rotatable bonds is 5. The van der Waals surface area contributed by atoms with Crippen molar-refractivity contribution >= 4 is 17.2 Å². The zero-order valence-electron chi connectivity index (χ0n) is 15.9. The number of hydrogen-bond donors (Lipinski definition) is 1. The summed E-state index contributed by atoms with van der Waals surface area (Å²) in [6.45, 7) is 0. The summed E-state index contributed by atoms with van der Waals surface area (Å²) in [5, 5.41) is 0. The molecule has 0 saturated carbocycles. The largest absolute Gasteiger partial charge is 0.458 e. The number of nitrogens with two attached hydrogens (primary N) is 1. The van der Waals surface area contributed by atoms with Gasteiger partial charge in [0.1, 0.15) is 5.82 Å². The monoisotopic (exact) mass is 445 g/mol. The van der Waals surface area contributed by atoms with E-state index in [1.165, 1.54) is 35.8 Å². The fourth-order valence-corrected chi connectivity index (χ4v) is 4.32. The maximum absolute atomic E-state index is 14.3. The van der Waals surface area contributed by atoms with Crippen molar-refractivity contribution < 1.29 is 26.8 Å². The molecule has 2 N–H and O–H groups in total. The molecule has 4 aromatic rings. The summed E-state index contributed by atoms with van der Waals surface area (Å²) in [7, 11) is 0. The zero-order valence-corrected chi connectivity index (χ0v) is 16.7. The van der Waals surface area contributed by atoms with E-state index in [9.17, 15) is 22.4 Å². The summed E-state index contributed by atoms with van der Waals surface area (Å²) in [6.07, 6.45) is -2.84. The number of carbonyl (C=O) groups excluding carboxylic acids is 1. The molecule has 3 nitrogen and oxygen atoms in total. The lowest BCUT2D eigenvalue weighted by molar-refractivity contribution is -0.137. The standard InChI is InChI=1S/C23H15F4NO2S/c24-19-4-2-1-3-16(19)18-12-30-21(22(28)29)17(18)11-15-9-10-20(31-15)13-5-7-14(8-6-13)23(25,26)27/h1-10,12H,11H2,(H2,28,29). The fraction of sp³-hybridized carbons (Fsp3) is 0.0870. The van der Waals surface area contributed by atoms with Gasteiger partial charge in [-0.1, -0.05) is 30.3 Å². The Morgan fingerprint density at radius 1 is 0.968 bits per heavy atom. The normalized spacial score (nSPS) is 11.6. The number of thiophene rings is 1. The predicted octanol–water partition coefficient (Wildman–Crippen LogP) is 6.52. The molecular weight excluding hydrogens is 430 g/mol. The Bertz CT molecular complexity index is 1240. The van der Waals surface area contributed by atoms with Crippen LogP contribution in [0.4, 0.5) is 17.6 Å². The molecule has 0 saturated heterocycles. The molecule has 8 heteroatoms. The Labute approximate surface area is 178 Å². The summed E-state index contributed by atoms with van der Waals surface area (Å²) in [4.78, 5) is 13.4. The molecule has 0 aliphatic heterocycles. The molecule has 0 fully saturated rings. The van der Waals surface area contributed by atoms with Gasteiger partial charge in [0.05, 0.1) is 11.8 Å². The first kappa shape index (κ1) is 20.9. The van der Waals surface area contributed by atoms with Gasteiger partial charge in [0.25, 0.3) is 5.91 Å². The highest BCUT2D eigenvalue weighted by Gasteiger charge is 2.30. The first-order valence-electron chi connectivity index (χ1n) is 9.15. The number of halogens is 4. The molecule has 0 spiro atoms. The van der Waals surface area contributed by atoms with Crippen LogP contribution in [0.3, 0.4) is 0 Å². The number of primary amides is 1. The summed E-state index contributed by atoms with van der Waals surface area (Å²) in [6, 6.07) is 14.6. The Morgan fingerprint density at radius 3 is 2.32 bits per heavy atom. The first-order chi connectivity index (χ1) is 14.7. The maximum atomic E-state index is 14.3. The Hall–Kier alpha value is -3.39. The van der Waals surface area contributed by atoms with E-state index in [2.05, 4.69) is 0 Å². The van der Waals surface area contributed by atoms with E-state index in [1.54, 1.807) is 30.3 Å². The average molecular weight is 445 g/mol. The van der Waals surface area contributed by atoms with Gasteiger partial charge < -0.3 is 10.2 Å². The van der Waals surface area contributed by atoms with E-state index in [0.717, 1.165) is 21.9 Å². The zero-order chi connectivity index (χ0) is 22.2. The summed E-state index contributed by atoms with van der Waals surface area (Å²) >= 11 is 1.36. The van der Waals surface area contributed by atoms with Crippen molar-refractivity contribution in [1.82, 2.24) is 0 Å². The number of hydrogen-bond acceptors (Lipinski definition) is 3. The van der Waals surface area contributed by atoms with Crippen molar-refractivity contribution in [1.29, 1.82) is 0 Å². The third kappa shape index (κ3) is 4.25. The van der Waals surface area contributed by atoms with E-state index < -0.39 is 23.5 Å². The minimum absolute atomic E-state index is 0.0530. The molecule has 0 bridgehead atoms. The van der Waals surface area contributed by atoms with Gasteiger partial charge >= 0.3 is 6.18 Å². The van der Waals surface area contributed by atoms with Crippen molar-refractivity contribution in [2.24, 2.45) is 5.73 Å². The minimum Gasteiger partial charge on any atom is -0.458 e. The second-order valence-corrected chi connectivity index (χ2v) is 7.99. The van der Waals surface area contributed by atoms with Crippen LogP contribution in [0.15, 0.2) is 71.3 Å². The predicted molar refractivity (Wildman–Crippen MR) is 110 cm³/mol. The van der Waals surface area contributed by atoms with E-state index in [0.29, 0.717) is 16.7 Å². The number of carbonyl (C=O) groups is 1. The van der Waals surface area contributed by atoms with Gasteiger partial charge in [-0.05, 0) is 35.9 Å². The van der Waals surface area contributed by atoms with E-state index in [-0.39, 0.29) is 17.7 Å². The maximum Gasteiger partial charge on any atom is 0.416 e. The minimum atomic E-state index is -4.39. The lowest BCUT2D eigenvalue weighted by Gasteiger charge is -2.07. The van der Waals surface area contributed by atoms with Crippen molar-refractivity contribution in [2.75, 3.05) is 0 Å². The van der Waals surface area contributed by atoms with Crippen molar-refractivity contribution in [3.05, 3.63) is 94.5 Å². The summed E-state index contributed by atoms with van der Waals surface area (Å²) < 4.78 is 58.0. The smallest absolute Gasteiger partial charge is 0.416 e. The van der Waals surface area contributed by atoms with Gasteiger partial charge in [-0.3, -0.25) is 4.79 Å². The Balaban J connectivity index is 1.67. The Morgan fingerprint density at radius 2 is 1.68 bits per heavy atom. The molecule has 0 aliphatic rings. The summed E-state index contributed by atoms with van der Waals surface area (Å²) in [5.74, 6) is -1.28. The van der Waals surface area contributed by atoms with Crippen LogP contribution in [-0.2, 0) is 12.6 Å². The third-order valence-electron chi connectivity index (χ3n) is 4.79. The topological polar surface area (TPSA) is 56.2 Å². The second-order valence-electron chi connectivity index (χ2n) is 6.82. The molecule has 0 aliphatic carbocycles. The molecule has 0 radical (unpaired) electrons. The van der Waals surface area contributed by atoms with Gasteiger partial charge in [0.2, 0.25) is 0 Å². The highest BCUT2D eigenvalue weighted by atomic mass is 32.1. The van der Waals surface area contributed by atoms with Crippen LogP contribution in [0.1, 0.15) is 26.6 Å². The van der Waals surface area contributed by atoms with Crippen LogP contribution < -0.4 is 5.73 Å². The number of furan rings is 1. The van der Waals surface area contributed by atoms with Gasteiger partial charge in [0.15, 0.2) is 5.76 Å². The fourth-order valence-electron chi connectivity index (χ4n) is 3.30. The molecular formula is C23H15F4NO2S. The van der Waals surface area contributed by atoms with Crippen LogP contribution in [0.2, 0.25) is 0 Å². The van der Waals surface area contributed by atoms with Crippen molar-refractivity contribution in [3.8, 4) is 21.6 Å². The lowest BCUT2D eigenvalue weighted by atomic mass is 9.99. The summed E-state index contributed by atoms with van der Waals surface area (Å²) in [5.41, 5.74) is 6.52. The van der Waals surface area contributed by atoms with E-state index in [1.807, 2.05) is 0 Å². The first-order valence-corrected chi connectivity index (χ1v) is 9.97. The van der Waals surface area contributed by atoms with Crippen molar-refractivity contribution in [3.63, 3.8) is 0 Å². The number of alkyl halides is 3. The molecule has 0 atom stereocenters. The van der Waals surface area contributed by atoms with Gasteiger partial charge in [-0.15, -0.1) is 11.3 Å². The SMILES string of the molecule is NC(=O)c1occ(-c2ccccc2F)c1Cc1ccc(-c2ccc(C(F)(F)F)cc2)s1. The number of benzene rings is 2. The highest BCUT2D eigenvalue weighted by molar-refractivity contribution is 7.15. The highest BCUT2D eigenvalue weighted by Crippen LogP contribution is 2.36. The molecule has 4 rings (SSSR count). The van der Waals surface area contributed by atoms with Crippen LogP contribution >= 0.6 is 11.3 Å². The lowest BCUT2D eigenvalue weighted by Crippen LogP contribution is -2.12. The van der Waals surface area contributed by atoms with E-state index >= 15 is 0 Å². The average Bonchev–Trinajstić information content (AvgIpc) is 3.36. The molecule has 2 aromatic carbocycles. The van der Waals surface area contributed by atoms with Gasteiger partial charge in [-0.2, -0.15) is 13.2 Å². The molecule has 1 amide bonds. The van der Waals surface area contributed by atoms with Crippen LogP contribution in [0.5, 0.6) is 0 Å². The Kier molecular flexibility index (Phi) is 5.41. The molecule has 31 heavy (non-hydrogen) atoms. The molecule has 2 aromatic heterocycles. The quantitative estimate of drug-likeness (QED) is 0.356. The number of amides is 1. The van der Waals surface area contributed by atoms with Gasteiger partial charge in [-0.25, -0.2) is 4.39 Å². The molecule has 0 unspecified atom stereocenters. The third-order valence-corrected chi connectivity index (χ3v) is 5.93. The van der Waals surface area contributed by atoms with Gasteiger partial charge in [0, 0.05) is 32.9 Å². The van der Waals surface area contributed by atoms with Crippen molar-refractivity contribution in [2.45, 2.75) is 12.6 Å².